The average molecular weight is 340 g/mol. The molecule has 0 saturated carbocycles. The first-order valence-electron chi connectivity index (χ1n) is 8.77. The summed E-state index contributed by atoms with van der Waals surface area (Å²) in [4.78, 5) is 26.4. The Morgan fingerprint density at radius 2 is 2.12 bits per heavy atom. The van der Waals surface area contributed by atoms with Crippen LogP contribution in [0.2, 0.25) is 0 Å². The number of nitrogens with zero attached hydrogens (tertiary/aromatic N) is 4. The minimum atomic E-state index is -0.781. The number of carboxylic acids is 1. The van der Waals surface area contributed by atoms with Crippen molar-refractivity contribution in [1.29, 1.82) is 0 Å². The molecule has 1 saturated heterocycles. The number of pyridine rings is 1. The maximum absolute atomic E-state index is 10.8. The third-order valence-corrected chi connectivity index (χ3v) is 4.59. The summed E-state index contributed by atoms with van der Waals surface area (Å²) in [6.07, 6.45) is 6.67. The van der Waals surface area contributed by atoms with Crippen molar-refractivity contribution in [1.82, 2.24) is 19.9 Å². The molecule has 0 amide bonds. The van der Waals surface area contributed by atoms with E-state index in [1.54, 1.807) is 0 Å². The van der Waals surface area contributed by atoms with E-state index in [-0.39, 0.29) is 6.42 Å². The number of piperidine rings is 1. The summed E-state index contributed by atoms with van der Waals surface area (Å²) >= 11 is 0. The predicted molar refractivity (Wildman–Crippen MR) is 94.2 cm³/mol. The number of carboxylic acid groups (broad SMARTS) is 1. The van der Waals surface area contributed by atoms with Crippen LogP contribution in [-0.4, -0.2) is 44.0 Å². The van der Waals surface area contributed by atoms with Gasteiger partial charge in [0, 0.05) is 54.8 Å². The fraction of sp³-hybridized carbons (Fsp3) is 0.474. The van der Waals surface area contributed by atoms with Crippen molar-refractivity contribution in [3.63, 3.8) is 0 Å². The standard InChI is InChI=1S/C19H24N4O2/c1-14-20-10-15(11-21-14)12-23-9-3-4-16(13-23)18-6-2-5-17(22-18)7-8-19(24)25/h2,5-6,10-11,16H,3-4,7-9,12-13H2,1H3,(H,24,25)/t16-/m0/s1. The number of aromatic nitrogens is 3. The Balaban J connectivity index is 1.63. The Bertz CT molecular complexity index is 718. The zero-order chi connectivity index (χ0) is 17.6. The number of hydrogen-bond donors (Lipinski definition) is 1. The van der Waals surface area contributed by atoms with Gasteiger partial charge in [0.2, 0.25) is 0 Å². The fourth-order valence-electron chi connectivity index (χ4n) is 3.30. The molecule has 2 aromatic heterocycles. The molecule has 25 heavy (non-hydrogen) atoms. The smallest absolute Gasteiger partial charge is 0.303 e. The van der Waals surface area contributed by atoms with E-state index in [4.69, 9.17) is 10.1 Å². The summed E-state index contributed by atoms with van der Waals surface area (Å²) in [5.41, 5.74) is 3.08. The van der Waals surface area contributed by atoms with Crippen LogP contribution in [0.5, 0.6) is 0 Å². The minimum absolute atomic E-state index is 0.126. The second kappa shape index (κ2) is 8.16. The van der Waals surface area contributed by atoms with E-state index in [1.807, 2.05) is 31.5 Å². The SMILES string of the molecule is Cc1ncc(CN2CCC[C@H](c3cccc(CCC(=O)O)n3)C2)cn1. The molecule has 1 atom stereocenters. The molecule has 1 aliphatic heterocycles. The Morgan fingerprint density at radius 1 is 1.32 bits per heavy atom. The molecule has 1 fully saturated rings. The summed E-state index contributed by atoms with van der Waals surface area (Å²) < 4.78 is 0. The summed E-state index contributed by atoms with van der Waals surface area (Å²) in [5.74, 6) is 0.406. The van der Waals surface area contributed by atoms with Crippen LogP contribution in [0.15, 0.2) is 30.6 Å². The monoisotopic (exact) mass is 340 g/mol. The van der Waals surface area contributed by atoms with E-state index in [2.05, 4.69) is 20.9 Å². The number of likely N-dealkylation sites (tertiary alicyclic amines) is 1. The zero-order valence-corrected chi connectivity index (χ0v) is 14.6. The first-order valence-corrected chi connectivity index (χ1v) is 8.77. The van der Waals surface area contributed by atoms with E-state index < -0.39 is 5.97 Å². The molecule has 0 aliphatic carbocycles. The lowest BCUT2D eigenvalue weighted by Gasteiger charge is -2.32. The van der Waals surface area contributed by atoms with Crippen LogP contribution in [0.3, 0.4) is 0 Å². The molecule has 3 heterocycles. The normalized spacial score (nSPS) is 18.2. The van der Waals surface area contributed by atoms with Gasteiger partial charge in [-0.05, 0) is 38.4 Å². The van der Waals surface area contributed by atoms with Crippen LogP contribution in [0, 0.1) is 6.92 Å². The van der Waals surface area contributed by atoms with Crippen LogP contribution in [0.25, 0.3) is 0 Å². The molecule has 132 valence electrons. The quantitative estimate of drug-likeness (QED) is 0.871. The Kier molecular flexibility index (Phi) is 5.71. The van der Waals surface area contributed by atoms with Crippen molar-refractivity contribution in [2.24, 2.45) is 0 Å². The zero-order valence-electron chi connectivity index (χ0n) is 14.6. The first kappa shape index (κ1) is 17.5. The summed E-state index contributed by atoms with van der Waals surface area (Å²) in [6, 6.07) is 5.97. The molecule has 0 unspecified atom stereocenters. The van der Waals surface area contributed by atoms with E-state index in [9.17, 15) is 4.79 Å². The van der Waals surface area contributed by atoms with Gasteiger partial charge < -0.3 is 5.11 Å². The molecule has 0 aromatic carbocycles. The summed E-state index contributed by atoms with van der Waals surface area (Å²) in [7, 11) is 0. The second-order valence-corrected chi connectivity index (χ2v) is 6.66. The van der Waals surface area contributed by atoms with Crippen molar-refractivity contribution in [3.05, 3.63) is 53.4 Å². The molecular formula is C19H24N4O2. The molecule has 1 aliphatic rings. The summed E-state index contributed by atoms with van der Waals surface area (Å²) in [6.45, 7) is 4.78. The molecule has 2 aromatic rings. The van der Waals surface area contributed by atoms with Crippen molar-refractivity contribution < 1.29 is 9.90 Å². The van der Waals surface area contributed by atoms with Gasteiger partial charge in [-0.2, -0.15) is 0 Å². The Morgan fingerprint density at radius 3 is 2.88 bits per heavy atom. The number of carbonyl (C=O) groups is 1. The highest BCUT2D eigenvalue weighted by Crippen LogP contribution is 2.26. The highest BCUT2D eigenvalue weighted by Gasteiger charge is 2.22. The molecule has 3 rings (SSSR count). The van der Waals surface area contributed by atoms with E-state index in [0.29, 0.717) is 12.3 Å². The van der Waals surface area contributed by atoms with Crippen LogP contribution >= 0.6 is 0 Å². The maximum Gasteiger partial charge on any atom is 0.303 e. The van der Waals surface area contributed by atoms with Crippen LogP contribution in [0.1, 0.15) is 48.0 Å². The predicted octanol–water partition coefficient (Wildman–Crippen LogP) is 2.58. The molecule has 6 nitrogen and oxygen atoms in total. The second-order valence-electron chi connectivity index (χ2n) is 6.66. The summed E-state index contributed by atoms with van der Waals surface area (Å²) in [5, 5.41) is 8.84. The minimum Gasteiger partial charge on any atom is -0.481 e. The molecule has 6 heteroatoms. The lowest BCUT2D eigenvalue weighted by atomic mass is 9.93. The van der Waals surface area contributed by atoms with Gasteiger partial charge in [-0.25, -0.2) is 9.97 Å². The first-order chi connectivity index (χ1) is 12.1. The lowest BCUT2D eigenvalue weighted by molar-refractivity contribution is -0.136. The molecule has 0 radical (unpaired) electrons. The average Bonchev–Trinajstić information content (AvgIpc) is 2.62. The van der Waals surface area contributed by atoms with Crippen molar-refractivity contribution in [3.8, 4) is 0 Å². The third kappa shape index (κ3) is 5.06. The molecule has 1 N–H and O–H groups in total. The van der Waals surface area contributed by atoms with E-state index >= 15 is 0 Å². The van der Waals surface area contributed by atoms with E-state index in [0.717, 1.165) is 55.3 Å². The molecule has 0 spiro atoms. The number of rotatable bonds is 6. The maximum atomic E-state index is 10.8. The van der Waals surface area contributed by atoms with Crippen LogP contribution < -0.4 is 0 Å². The number of hydrogen-bond acceptors (Lipinski definition) is 5. The number of aliphatic carboxylic acids is 1. The Hall–Kier alpha value is -2.34. The Labute approximate surface area is 148 Å². The largest absolute Gasteiger partial charge is 0.481 e. The van der Waals surface area contributed by atoms with Gasteiger partial charge in [-0.15, -0.1) is 0 Å². The van der Waals surface area contributed by atoms with E-state index in [1.165, 1.54) is 0 Å². The molecule has 0 bridgehead atoms. The van der Waals surface area contributed by atoms with Gasteiger partial charge in [-0.3, -0.25) is 14.7 Å². The number of aryl methyl sites for hydroxylation is 2. The fourth-order valence-corrected chi connectivity index (χ4v) is 3.30. The topological polar surface area (TPSA) is 79.2 Å². The van der Waals surface area contributed by atoms with Gasteiger partial charge in [0.15, 0.2) is 0 Å². The van der Waals surface area contributed by atoms with Crippen molar-refractivity contribution in [2.45, 2.75) is 45.1 Å². The highest BCUT2D eigenvalue weighted by atomic mass is 16.4. The van der Waals surface area contributed by atoms with Gasteiger partial charge in [0.05, 0.1) is 6.42 Å². The van der Waals surface area contributed by atoms with Gasteiger partial charge >= 0.3 is 5.97 Å². The molecular weight excluding hydrogens is 316 g/mol. The van der Waals surface area contributed by atoms with Crippen molar-refractivity contribution >= 4 is 5.97 Å². The van der Waals surface area contributed by atoms with Crippen LogP contribution in [0.4, 0.5) is 0 Å². The van der Waals surface area contributed by atoms with Gasteiger partial charge in [0.25, 0.3) is 0 Å². The van der Waals surface area contributed by atoms with Gasteiger partial charge in [-0.1, -0.05) is 6.07 Å². The van der Waals surface area contributed by atoms with Gasteiger partial charge in [0.1, 0.15) is 5.82 Å². The highest BCUT2D eigenvalue weighted by molar-refractivity contribution is 5.66. The lowest BCUT2D eigenvalue weighted by Crippen LogP contribution is -2.34. The van der Waals surface area contributed by atoms with Crippen molar-refractivity contribution in [2.75, 3.05) is 13.1 Å². The third-order valence-electron chi connectivity index (χ3n) is 4.59. The van der Waals surface area contributed by atoms with Crippen LogP contribution in [-0.2, 0) is 17.8 Å².